The third kappa shape index (κ3) is 5.23. The number of hydrogen-bond acceptors (Lipinski definition) is 3. The summed E-state index contributed by atoms with van der Waals surface area (Å²) in [7, 11) is 0. The van der Waals surface area contributed by atoms with Crippen molar-refractivity contribution in [2.24, 2.45) is 0 Å². The van der Waals surface area contributed by atoms with Crippen LogP contribution < -0.4 is 0 Å². The molecule has 0 fully saturated rings. The maximum absolute atomic E-state index is 9.04. The summed E-state index contributed by atoms with van der Waals surface area (Å²) in [5, 5.41) is 0. The Morgan fingerprint density at radius 1 is 1.25 bits per heavy atom. The van der Waals surface area contributed by atoms with Crippen molar-refractivity contribution in [2.75, 3.05) is 11.5 Å². The fraction of sp³-hybridized carbons (Fsp3) is 1.00. The van der Waals surface area contributed by atoms with Crippen LogP contribution in [0.1, 0.15) is 13.8 Å². The van der Waals surface area contributed by atoms with Crippen molar-refractivity contribution < 1.29 is 4.89 Å². The molecule has 0 atom stereocenters. The van der Waals surface area contributed by atoms with Gasteiger partial charge in [0, 0.05) is 0 Å². The predicted molar refractivity (Wildman–Crippen MR) is 45.4 cm³/mol. The van der Waals surface area contributed by atoms with Gasteiger partial charge in [-0.15, -0.1) is 0 Å². The Kier molecular flexibility index (Phi) is 7.06. The van der Waals surface area contributed by atoms with Gasteiger partial charge in [0.2, 0.25) is 0 Å². The molecule has 0 radical (unpaired) electrons. The van der Waals surface area contributed by atoms with Crippen LogP contribution in [0.25, 0.3) is 0 Å². The van der Waals surface area contributed by atoms with Crippen LogP contribution in [-0.4, -0.2) is 16.4 Å². The second-order valence-electron chi connectivity index (χ2n) is 1.07. The standard InChI is InChI=1S/C4H11OPS2/c1-3-7-6(5)8-4-2/h5H,3-4H2,1-2H3. The Morgan fingerprint density at radius 2 is 1.62 bits per heavy atom. The second-order valence-corrected chi connectivity index (χ2v) is 7.54. The van der Waals surface area contributed by atoms with E-state index in [0.717, 1.165) is 11.5 Å². The summed E-state index contributed by atoms with van der Waals surface area (Å²) in [5.74, 6) is 2.05. The van der Waals surface area contributed by atoms with Gasteiger partial charge in [0.15, 0.2) is 0 Å². The molecule has 0 aliphatic heterocycles. The fourth-order valence-electron chi connectivity index (χ4n) is 0.258. The average Bonchev–Trinajstić information content (AvgIpc) is 1.68. The molecule has 0 heterocycles. The van der Waals surface area contributed by atoms with Crippen LogP contribution in [0.2, 0.25) is 0 Å². The zero-order valence-corrected chi connectivity index (χ0v) is 7.65. The van der Waals surface area contributed by atoms with Crippen LogP contribution in [-0.2, 0) is 0 Å². The van der Waals surface area contributed by atoms with Gasteiger partial charge >= 0.3 is 0 Å². The first-order valence-electron chi connectivity index (χ1n) is 2.56. The molecular weight excluding hydrogens is 159 g/mol. The van der Waals surface area contributed by atoms with E-state index in [0.29, 0.717) is 0 Å². The molecule has 4 heteroatoms. The average molecular weight is 170 g/mol. The Balaban J connectivity index is 2.92. The van der Waals surface area contributed by atoms with Crippen molar-refractivity contribution in [1.29, 1.82) is 0 Å². The normalized spacial score (nSPS) is 10.5. The molecule has 0 aromatic heterocycles. The van der Waals surface area contributed by atoms with Crippen molar-refractivity contribution in [1.82, 2.24) is 0 Å². The lowest BCUT2D eigenvalue weighted by Crippen LogP contribution is -1.64. The highest BCUT2D eigenvalue weighted by molar-refractivity contribution is 8.86. The lowest BCUT2D eigenvalue weighted by atomic mass is 11.0. The molecule has 1 nitrogen and oxygen atoms in total. The molecular formula is C4H11OPS2. The summed E-state index contributed by atoms with van der Waals surface area (Å²) in [6.07, 6.45) is 0. The molecule has 0 aliphatic rings. The molecule has 50 valence electrons. The van der Waals surface area contributed by atoms with Crippen LogP contribution in [0.3, 0.4) is 0 Å². The Labute approximate surface area is 60.0 Å². The summed E-state index contributed by atoms with van der Waals surface area (Å²) in [5.41, 5.74) is 0. The van der Waals surface area contributed by atoms with Gasteiger partial charge in [0.25, 0.3) is 0 Å². The first-order valence-corrected chi connectivity index (χ1v) is 7.03. The molecule has 0 aliphatic carbocycles. The van der Waals surface area contributed by atoms with E-state index in [9.17, 15) is 0 Å². The van der Waals surface area contributed by atoms with Crippen LogP contribution in [0.4, 0.5) is 0 Å². The van der Waals surface area contributed by atoms with E-state index in [4.69, 9.17) is 4.89 Å². The topological polar surface area (TPSA) is 20.2 Å². The molecule has 0 aromatic rings. The van der Waals surface area contributed by atoms with Gasteiger partial charge in [0.05, 0.1) is 0 Å². The third-order valence-electron chi connectivity index (χ3n) is 0.479. The van der Waals surface area contributed by atoms with E-state index in [2.05, 4.69) is 13.8 Å². The third-order valence-corrected chi connectivity index (χ3v) is 6.21. The molecule has 0 unspecified atom stereocenters. The van der Waals surface area contributed by atoms with Gasteiger partial charge in [0.1, 0.15) is 6.55 Å². The van der Waals surface area contributed by atoms with Gasteiger partial charge in [-0.3, -0.25) is 0 Å². The van der Waals surface area contributed by atoms with Gasteiger partial charge < -0.3 is 4.89 Å². The van der Waals surface area contributed by atoms with Crippen molar-refractivity contribution >= 4 is 29.3 Å². The summed E-state index contributed by atoms with van der Waals surface area (Å²) in [6, 6.07) is 0. The van der Waals surface area contributed by atoms with Crippen molar-refractivity contribution in [3.8, 4) is 0 Å². The first kappa shape index (κ1) is 9.09. The Bertz CT molecular complexity index is 47.3. The lowest BCUT2D eigenvalue weighted by Gasteiger charge is -2.02. The van der Waals surface area contributed by atoms with Gasteiger partial charge in [-0.25, -0.2) is 0 Å². The smallest absolute Gasteiger partial charge is 0.149 e. The largest absolute Gasteiger partial charge is 0.355 e. The van der Waals surface area contributed by atoms with Crippen LogP contribution in [0, 0.1) is 0 Å². The molecule has 0 saturated heterocycles. The van der Waals surface area contributed by atoms with Gasteiger partial charge in [-0.1, -0.05) is 36.6 Å². The summed E-state index contributed by atoms with van der Waals surface area (Å²) in [4.78, 5) is 9.04. The molecule has 1 N–H and O–H groups in total. The summed E-state index contributed by atoms with van der Waals surface area (Å²) < 4.78 is 0. The summed E-state index contributed by atoms with van der Waals surface area (Å²) >= 11 is 3.28. The highest BCUT2D eigenvalue weighted by Crippen LogP contribution is 2.56. The minimum atomic E-state index is -0.747. The molecule has 8 heavy (non-hydrogen) atoms. The molecule has 0 rings (SSSR count). The summed E-state index contributed by atoms with van der Waals surface area (Å²) in [6.45, 7) is 3.38. The van der Waals surface area contributed by atoms with Crippen molar-refractivity contribution in [2.45, 2.75) is 13.8 Å². The maximum atomic E-state index is 9.04. The van der Waals surface area contributed by atoms with E-state index in [-0.39, 0.29) is 0 Å². The molecule has 0 spiro atoms. The maximum Gasteiger partial charge on any atom is 0.149 e. The SMILES string of the molecule is CCSP(O)SCC. The van der Waals surface area contributed by atoms with Gasteiger partial charge in [-0.2, -0.15) is 0 Å². The van der Waals surface area contributed by atoms with Crippen LogP contribution >= 0.6 is 29.3 Å². The Morgan fingerprint density at radius 3 is 1.88 bits per heavy atom. The lowest BCUT2D eigenvalue weighted by molar-refractivity contribution is 0.656. The van der Waals surface area contributed by atoms with E-state index in [1.165, 1.54) is 0 Å². The fourth-order valence-corrected chi connectivity index (χ4v) is 4.89. The predicted octanol–water partition coefficient (Wildman–Crippen LogP) is 2.71. The van der Waals surface area contributed by atoms with E-state index < -0.39 is 6.55 Å². The number of rotatable bonds is 4. The molecule has 0 bridgehead atoms. The first-order chi connectivity index (χ1) is 3.81. The van der Waals surface area contributed by atoms with Crippen molar-refractivity contribution in [3.05, 3.63) is 0 Å². The molecule has 0 aromatic carbocycles. The van der Waals surface area contributed by atoms with E-state index >= 15 is 0 Å². The molecule has 0 saturated carbocycles. The minimum absolute atomic E-state index is 0.747. The highest BCUT2D eigenvalue weighted by atomic mass is 33.1. The zero-order valence-electron chi connectivity index (χ0n) is 5.13. The van der Waals surface area contributed by atoms with Gasteiger partial charge in [-0.05, 0) is 11.5 Å². The zero-order chi connectivity index (χ0) is 6.41. The number of hydrogen-bond donors (Lipinski definition) is 1. The minimum Gasteiger partial charge on any atom is -0.355 e. The quantitative estimate of drug-likeness (QED) is 0.655. The Hall–Kier alpha value is 1.09. The van der Waals surface area contributed by atoms with E-state index in [1.807, 2.05) is 0 Å². The van der Waals surface area contributed by atoms with Crippen LogP contribution in [0.15, 0.2) is 0 Å². The highest BCUT2D eigenvalue weighted by Gasteiger charge is 1.99. The monoisotopic (exact) mass is 170 g/mol. The molecule has 0 amide bonds. The van der Waals surface area contributed by atoms with Crippen molar-refractivity contribution in [3.63, 3.8) is 0 Å². The van der Waals surface area contributed by atoms with E-state index in [1.54, 1.807) is 22.8 Å². The second kappa shape index (κ2) is 6.21. The van der Waals surface area contributed by atoms with Crippen LogP contribution in [0.5, 0.6) is 0 Å².